The van der Waals surface area contributed by atoms with E-state index in [1.807, 2.05) is 68.4 Å². The van der Waals surface area contributed by atoms with Gasteiger partial charge in [0.1, 0.15) is 0 Å². The van der Waals surface area contributed by atoms with Gasteiger partial charge in [-0.25, -0.2) is 0 Å². The van der Waals surface area contributed by atoms with Gasteiger partial charge in [-0.15, -0.1) is 0 Å². The molecule has 0 bridgehead atoms. The Morgan fingerprint density at radius 2 is 1.06 bits per heavy atom. The van der Waals surface area contributed by atoms with Crippen molar-refractivity contribution >= 4 is 34.3 Å². The molecule has 1 aliphatic carbocycles. The highest BCUT2D eigenvalue weighted by Gasteiger charge is 2.32. The van der Waals surface area contributed by atoms with Crippen LogP contribution < -0.4 is 10.6 Å². The van der Waals surface area contributed by atoms with E-state index in [1.54, 1.807) is 30.3 Å². The minimum atomic E-state index is -0.147. The average molecular weight is 418 g/mol. The molecule has 0 aromatic heterocycles. The van der Waals surface area contributed by atoms with Crippen molar-refractivity contribution in [2.24, 2.45) is 0 Å². The predicted octanol–water partition coefficient (Wildman–Crippen LogP) is 6.57. The van der Waals surface area contributed by atoms with Crippen LogP contribution in [0.5, 0.6) is 0 Å². The summed E-state index contributed by atoms with van der Waals surface area (Å²) in [7, 11) is 0. The van der Waals surface area contributed by atoms with Gasteiger partial charge in [0.15, 0.2) is 11.6 Å². The van der Waals surface area contributed by atoms with Gasteiger partial charge in [-0.3, -0.25) is 9.59 Å². The van der Waals surface area contributed by atoms with Gasteiger partial charge < -0.3 is 10.6 Å². The number of rotatable bonds is 4. The molecule has 0 radical (unpaired) electrons. The van der Waals surface area contributed by atoms with Crippen LogP contribution in [0.25, 0.3) is 0 Å². The summed E-state index contributed by atoms with van der Waals surface area (Å²) in [6.07, 6.45) is 0. The lowest BCUT2D eigenvalue weighted by Crippen LogP contribution is -2.22. The first-order valence-corrected chi connectivity index (χ1v) is 10.5. The van der Waals surface area contributed by atoms with E-state index in [4.69, 9.17) is 0 Å². The van der Waals surface area contributed by atoms with Crippen molar-refractivity contribution in [2.75, 3.05) is 10.6 Å². The van der Waals surface area contributed by atoms with Gasteiger partial charge in [0, 0.05) is 33.8 Å². The van der Waals surface area contributed by atoms with E-state index < -0.39 is 0 Å². The molecule has 0 spiro atoms. The minimum Gasteiger partial charge on any atom is -0.355 e. The second-order valence-electron chi connectivity index (χ2n) is 8.13. The van der Waals surface area contributed by atoms with E-state index in [0.717, 1.165) is 22.6 Å². The smallest absolute Gasteiger partial charge is 0.196 e. The SMILES string of the molecule is Cc1ccc(Nc2cc(Nc3ccc(C)cc3)c3c(c2)C(=O)c2ccccc2C3=O)cc1. The Labute approximate surface area is 186 Å². The van der Waals surface area contributed by atoms with E-state index >= 15 is 0 Å². The van der Waals surface area contributed by atoms with Gasteiger partial charge in [-0.05, 0) is 50.2 Å². The van der Waals surface area contributed by atoms with Crippen molar-refractivity contribution in [3.63, 3.8) is 0 Å². The van der Waals surface area contributed by atoms with E-state index in [1.165, 1.54) is 5.56 Å². The van der Waals surface area contributed by atoms with Crippen LogP contribution in [0, 0.1) is 13.8 Å². The third-order valence-corrected chi connectivity index (χ3v) is 5.70. The summed E-state index contributed by atoms with van der Waals surface area (Å²) in [5.74, 6) is -0.290. The fourth-order valence-corrected chi connectivity index (χ4v) is 3.99. The Morgan fingerprint density at radius 1 is 0.531 bits per heavy atom. The first-order valence-electron chi connectivity index (χ1n) is 10.5. The fraction of sp³-hybridized carbons (Fsp3) is 0.0714. The third kappa shape index (κ3) is 3.56. The number of aryl methyl sites for hydroxylation is 2. The van der Waals surface area contributed by atoms with Crippen LogP contribution in [-0.2, 0) is 0 Å². The maximum Gasteiger partial charge on any atom is 0.196 e. The Balaban J connectivity index is 1.64. The van der Waals surface area contributed by atoms with Crippen molar-refractivity contribution in [2.45, 2.75) is 13.8 Å². The Kier molecular flexibility index (Phi) is 4.83. The van der Waals surface area contributed by atoms with Crippen molar-refractivity contribution in [1.82, 2.24) is 0 Å². The minimum absolute atomic E-state index is 0.144. The number of fused-ring (bicyclic) bond motifs is 2. The molecule has 4 heteroatoms. The molecule has 0 amide bonds. The van der Waals surface area contributed by atoms with Crippen LogP contribution in [0.2, 0.25) is 0 Å². The molecule has 4 nitrogen and oxygen atoms in total. The lowest BCUT2D eigenvalue weighted by atomic mass is 9.83. The first-order chi connectivity index (χ1) is 15.5. The highest BCUT2D eigenvalue weighted by atomic mass is 16.1. The van der Waals surface area contributed by atoms with Crippen molar-refractivity contribution in [1.29, 1.82) is 0 Å². The lowest BCUT2D eigenvalue weighted by molar-refractivity contribution is 0.0980. The maximum atomic E-state index is 13.4. The molecule has 156 valence electrons. The van der Waals surface area contributed by atoms with Crippen LogP contribution in [0.3, 0.4) is 0 Å². The topological polar surface area (TPSA) is 58.2 Å². The number of nitrogens with one attached hydrogen (secondary N) is 2. The molecule has 0 aliphatic heterocycles. The van der Waals surface area contributed by atoms with Crippen molar-refractivity contribution in [3.05, 3.63) is 118 Å². The monoisotopic (exact) mass is 418 g/mol. The standard InChI is InChI=1S/C28H22N2O2/c1-17-7-11-19(12-8-17)29-21-15-24-26(25(16-21)30-20-13-9-18(2)10-14-20)28(32)23-6-4-3-5-22(23)27(24)31/h3-16,29-30H,1-2H3. The number of anilines is 4. The second-order valence-corrected chi connectivity index (χ2v) is 8.13. The molecule has 0 saturated heterocycles. The van der Waals surface area contributed by atoms with E-state index in [2.05, 4.69) is 10.6 Å². The summed E-state index contributed by atoms with van der Waals surface area (Å²) in [6.45, 7) is 4.06. The maximum absolute atomic E-state index is 13.4. The van der Waals surface area contributed by atoms with Crippen molar-refractivity contribution < 1.29 is 9.59 Å². The summed E-state index contributed by atoms with van der Waals surface area (Å²) >= 11 is 0. The zero-order chi connectivity index (χ0) is 22.2. The van der Waals surface area contributed by atoms with Crippen LogP contribution in [0.4, 0.5) is 22.7 Å². The van der Waals surface area contributed by atoms with Gasteiger partial charge in [-0.1, -0.05) is 59.7 Å². The molecule has 5 rings (SSSR count). The molecule has 0 fully saturated rings. The quantitative estimate of drug-likeness (QED) is 0.347. The van der Waals surface area contributed by atoms with E-state index in [9.17, 15) is 9.59 Å². The number of hydrogen-bond acceptors (Lipinski definition) is 4. The van der Waals surface area contributed by atoms with Gasteiger partial charge >= 0.3 is 0 Å². The highest BCUT2D eigenvalue weighted by molar-refractivity contribution is 6.30. The van der Waals surface area contributed by atoms with Gasteiger partial charge in [0.2, 0.25) is 0 Å². The Morgan fingerprint density at radius 3 is 1.66 bits per heavy atom. The normalized spacial score (nSPS) is 12.2. The molecule has 2 N–H and O–H groups in total. The lowest BCUT2D eigenvalue weighted by Gasteiger charge is -2.22. The molecule has 32 heavy (non-hydrogen) atoms. The van der Waals surface area contributed by atoms with E-state index in [-0.39, 0.29) is 11.6 Å². The highest BCUT2D eigenvalue weighted by Crippen LogP contribution is 2.36. The molecule has 0 unspecified atom stereocenters. The first kappa shape index (κ1) is 19.8. The summed E-state index contributed by atoms with van der Waals surface area (Å²) in [6, 6.07) is 26.6. The predicted molar refractivity (Wildman–Crippen MR) is 129 cm³/mol. The molecule has 0 saturated carbocycles. The van der Waals surface area contributed by atoms with Gasteiger partial charge in [-0.2, -0.15) is 0 Å². The zero-order valence-electron chi connectivity index (χ0n) is 17.9. The molecule has 4 aromatic rings. The summed E-state index contributed by atoms with van der Waals surface area (Å²) < 4.78 is 0. The molecular formula is C28H22N2O2. The Hall–Kier alpha value is -4.18. The van der Waals surface area contributed by atoms with Gasteiger partial charge in [0.05, 0.1) is 11.3 Å². The second kappa shape index (κ2) is 7.82. The number of ketones is 2. The van der Waals surface area contributed by atoms with E-state index in [0.29, 0.717) is 27.9 Å². The Bertz CT molecular complexity index is 1350. The largest absolute Gasteiger partial charge is 0.355 e. The summed E-state index contributed by atoms with van der Waals surface area (Å²) in [5.41, 5.74) is 7.11. The zero-order valence-corrected chi connectivity index (χ0v) is 17.9. The van der Waals surface area contributed by atoms with Crippen LogP contribution in [-0.4, -0.2) is 11.6 Å². The fourth-order valence-electron chi connectivity index (χ4n) is 3.99. The number of hydrogen-bond donors (Lipinski definition) is 2. The molecular weight excluding hydrogens is 396 g/mol. The summed E-state index contributed by atoms with van der Waals surface area (Å²) in [4.78, 5) is 26.8. The molecule has 0 heterocycles. The number of carbonyl (C=O) groups excluding carboxylic acids is 2. The molecule has 4 aromatic carbocycles. The molecule has 1 aliphatic rings. The number of benzene rings is 4. The average Bonchev–Trinajstić information content (AvgIpc) is 2.80. The molecule has 0 atom stereocenters. The van der Waals surface area contributed by atoms with Crippen LogP contribution in [0.15, 0.2) is 84.9 Å². The van der Waals surface area contributed by atoms with Gasteiger partial charge in [0.25, 0.3) is 0 Å². The summed E-state index contributed by atoms with van der Waals surface area (Å²) in [5, 5.41) is 6.74. The van der Waals surface area contributed by atoms with Crippen molar-refractivity contribution in [3.8, 4) is 0 Å². The third-order valence-electron chi connectivity index (χ3n) is 5.70. The number of carbonyl (C=O) groups is 2. The van der Waals surface area contributed by atoms with Crippen LogP contribution in [0.1, 0.15) is 43.0 Å². The van der Waals surface area contributed by atoms with Crippen LogP contribution >= 0.6 is 0 Å².